The standard InChI is InChI=1S/C17H17ClN2O3/c1-23-17(22)14-10-13(7-8-15(14)18)20-16(21)6-2-4-12-5-3-9-19-11-12/h3,5,7-11H,2,4,6H2,1H3,(H,20,21). The van der Waals surface area contributed by atoms with Crippen molar-refractivity contribution in [3.05, 3.63) is 58.9 Å². The monoisotopic (exact) mass is 332 g/mol. The highest BCUT2D eigenvalue weighted by atomic mass is 35.5. The van der Waals surface area contributed by atoms with Crippen molar-refractivity contribution in [3.8, 4) is 0 Å². The second-order valence-electron chi connectivity index (χ2n) is 4.95. The summed E-state index contributed by atoms with van der Waals surface area (Å²) >= 11 is 5.94. The fraction of sp³-hybridized carbons (Fsp3) is 0.235. The summed E-state index contributed by atoms with van der Waals surface area (Å²) in [6.07, 6.45) is 5.39. The zero-order valence-electron chi connectivity index (χ0n) is 12.7. The molecule has 0 saturated heterocycles. The first-order valence-corrected chi connectivity index (χ1v) is 7.54. The van der Waals surface area contributed by atoms with Crippen LogP contribution in [-0.4, -0.2) is 24.0 Å². The number of hydrogen-bond acceptors (Lipinski definition) is 4. The Morgan fingerprint density at radius 3 is 2.83 bits per heavy atom. The largest absolute Gasteiger partial charge is 0.465 e. The topological polar surface area (TPSA) is 68.3 Å². The molecule has 0 spiro atoms. The normalized spacial score (nSPS) is 10.2. The molecule has 0 saturated carbocycles. The number of nitrogens with one attached hydrogen (secondary N) is 1. The number of esters is 1. The van der Waals surface area contributed by atoms with Gasteiger partial charge in [-0.15, -0.1) is 0 Å². The molecule has 5 nitrogen and oxygen atoms in total. The number of carbonyl (C=O) groups is 2. The van der Waals surface area contributed by atoms with Gasteiger partial charge in [-0.3, -0.25) is 9.78 Å². The van der Waals surface area contributed by atoms with Gasteiger partial charge in [0.05, 0.1) is 17.7 Å². The van der Waals surface area contributed by atoms with Crippen LogP contribution in [0.4, 0.5) is 5.69 Å². The van der Waals surface area contributed by atoms with Crippen LogP contribution in [0.1, 0.15) is 28.8 Å². The molecule has 2 aromatic rings. The molecule has 0 atom stereocenters. The van der Waals surface area contributed by atoms with Gasteiger partial charge >= 0.3 is 5.97 Å². The Hall–Kier alpha value is -2.40. The summed E-state index contributed by atoms with van der Waals surface area (Å²) in [6.45, 7) is 0. The molecule has 1 amide bonds. The summed E-state index contributed by atoms with van der Waals surface area (Å²) in [5.74, 6) is -0.658. The molecule has 120 valence electrons. The average molecular weight is 333 g/mol. The molecule has 0 aliphatic rings. The summed E-state index contributed by atoms with van der Waals surface area (Å²) in [6, 6.07) is 8.56. The highest BCUT2D eigenvalue weighted by Gasteiger charge is 2.12. The lowest BCUT2D eigenvalue weighted by molar-refractivity contribution is -0.116. The zero-order valence-corrected chi connectivity index (χ0v) is 13.5. The molecule has 1 aromatic carbocycles. The van der Waals surface area contributed by atoms with Gasteiger partial charge in [0.25, 0.3) is 0 Å². The molecule has 1 heterocycles. The molecule has 23 heavy (non-hydrogen) atoms. The van der Waals surface area contributed by atoms with Gasteiger partial charge in [0, 0.05) is 24.5 Å². The first kappa shape index (κ1) is 17.0. The maximum atomic E-state index is 12.0. The molecule has 0 aliphatic carbocycles. The number of anilines is 1. The Morgan fingerprint density at radius 1 is 1.30 bits per heavy atom. The highest BCUT2D eigenvalue weighted by molar-refractivity contribution is 6.33. The van der Waals surface area contributed by atoms with Gasteiger partial charge in [0.1, 0.15) is 0 Å². The number of aromatic nitrogens is 1. The second kappa shape index (κ2) is 8.29. The van der Waals surface area contributed by atoms with Crippen LogP contribution < -0.4 is 5.32 Å². The van der Waals surface area contributed by atoms with Crippen molar-refractivity contribution < 1.29 is 14.3 Å². The summed E-state index contributed by atoms with van der Waals surface area (Å²) in [5, 5.41) is 3.04. The third-order valence-electron chi connectivity index (χ3n) is 3.25. The number of benzene rings is 1. The van der Waals surface area contributed by atoms with Crippen LogP contribution in [-0.2, 0) is 16.0 Å². The highest BCUT2D eigenvalue weighted by Crippen LogP contribution is 2.21. The Labute approximate surface area is 139 Å². The second-order valence-corrected chi connectivity index (χ2v) is 5.36. The summed E-state index contributed by atoms with van der Waals surface area (Å²) in [4.78, 5) is 27.6. The Balaban J connectivity index is 1.89. The Bertz CT molecular complexity index is 689. The molecule has 0 fully saturated rings. The number of ether oxygens (including phenoxy) is 1. The van der Waals surface area contributed by atoms with Gasteiger partial charge < -0.3 is 10.1 Å². The summed E-state index contributed by atoms with van der Waals surface area (Å²) in [5.41, 5.74) is 1.84. The van der Waals surface area contributed by atoms with Gasteiger partial charge in [0.2, 0.25) is 5.91 Å². The van der Waals surface area contributed by atoms with E-state index in [9.17, 15) is 9.59 Å². The molecular weight excluding hydrogens is 316 g/mol. The van der Waals surface area contributed by atoms with Crippen molar-refractivity contribution in [2.24, 2.45) is 0 Å². The van der Waals surface area contributed by atoms with Crippen molar-refractivity contribution in [1.29, 1.82) is 0 Å². The van der Waals surface area contributed by atoms with E-state index in [1.807, 2.05) is 12.1 Å². The first-order valence-electron chi connectivity index (χ1n) is 7.17. The number of rotatable bonds is 6. The minimum Gasteiger partial charge on any atom is -0.465 e. The molecular formula is C17H17ClN2O3. The van der Waals surface area contributed by atoms with E-state index in [1.54, 1.807) is 24.5 Å². The average Bonchev–Trinajstić information content (AvgIpc) is 2.57. The molecule has 1 N–H and O–H groups in total. The number of amides is 1. The van der Waals surface area contributed by atoms with Crippen LogP contribution in [0.15, 0.2) is 42.7 Å². The number of halogens is 1. The van der Waals surface area contributed by atoms with Gasteiger partial charge in [-0.05, 0) is 42.7 Å². The van der Waals surface area contributed by atoms with Crippen molar-refractivity contribution in [3.63, 3.8) is 0 Å². The van der Waals surface area contributed by atoms with Crippen LogP contribution in [0.5, 0.6) is 0 Å². The van der Waals surface area contributed by atoms with E-state index in [0.717, 1.165) is 18.4 Å². The van der Waals surface area contributed by atoms with E-state index in [4.69, 9.17) is 11.6 Å². The van der Waals surface area contributed by atoms with Crippen LogP contribution in [0.25, 0.3) is 0 Å². The fourth-order valence-corrected chi connectivity index (χ4v) is 2.29. The number of hydrogen-bond donors (Lipinski definition) is 1. The number of pyridine rings is 1. The SMILES string of the molecule is COC(=O)c1cc(NC(=O)CCCc2cccnc2)ccc1Cl. The summed E-state index contributed by atoms with van der Waals surface area (Å²) in [7, 11) is 1.28. The lowest BCUT2D eigenvalue weighted by Crippen LogP contribution is -2.12. The van der Waals surface area contributed by atoms with Crippen molar-refractivity contribution in [2.45, 2.75) is 19.3 Å². The predicted molar refractivity (Wildman–Crippen MR) is 88.6 cm³/mol. The third-order valence-corrected chi connectivity index (χ3v) is 3.58. The minimum atomic E-state index is -0.539. The van der Waals surface area contributed by atoms with Crippen LogP contribution in [0.3, 0.4) is 0 Å². The van der Waals surface area contributed by atoms with Crippen LogP contribution in [0.2, 0.25) is 5.02 Å². The molecule has 0 aliphatic heterocycles. The quantitative estimate of drug-likeness (QED) is 0.822. The summed E-state index contributed by atoms with van der Waals surface area (Å²) < 4.78 is 4.65. The Kier molecular flexibility index (Phi) is 6.11. The molecule has 0 bridgehead atoms. The smallest absolute Gasteiger partial charge is 0.339 e. The van der Waals surface area contributed by atoms with E-state index in [2.05, 4.69) is 15.0 Å². The third kappa shape index (κ3) is 5.07. The lowest BCUT2D eigenvalue weighted by Gasteiger charge is -2.08. The molecule has 0 radical (unpaired) electrons. The van der Waals surface area contributed by atoms with Crippen molar-refractivity contribution in [1.82, 2.24) is 4.98 Å². The van der Waals surface area contributed by atoms with Gasteiger partial charge in [-0.2, -0.15) is 0 Å². The maximum absolute atomic E-state index is 12.0. The zero-order chi connectivity index (χ0) is 16.7. The van der Waals surface area contributed by atoms with E-state index < -0.39 is 5.97 Å². The van der Waals surface area contributed by atoms with E-state index in [-0.39, 0.29) is 16.5 Å². The van der Waals surface area contributed by atoms with Crippen molar-refractivity contribution >= 4 is 29.2 Å². The molecule has 6 heteroatoms. The minimum absolute atomic E-state index is 0.118. The number of aryl methyl sites for hydroxylation is 1. The van der Waals surface area contributed by atoms with E-state index in [1.165, 1.54) is 13.2 Å². The van der Waals surface area contributed by atoms with E-state index >= 15 is 0 Å². The maximum Gasteiger partial charge on any atom is 0.339 e. The van der Waals surface area contributed by atoms with Crippen LogP contribution >= 0.6 is 11.6 Å². The number of carbonyl (C=O) groups excluding carboxylic acids is 2. The van der Waals surface area contributed by atoms with Crippen molar-refractivity contribution in [2.75, 3.05) is 12.4 Å². The molecule has 0 unspecified atom stereocenters. The van der Waals surface area contributed by atoms with Gasteiger partial charge in [-0.1, -0.05) is 17.7 Å². The molecule has 2 rings (SSSR count). The van der Waals surface area contributed by atoms with E-state index in [0.29, 0.717) is 12.1 Å². The van der Waals surface area contributed by atoms with Gasteiger partial charge in [-0.25, -0.2) is 4.79 Å². The fourth-order valence-electron chi connectivity index (χ4n) is 2.09. The molecule has 1 aromatic heterocycles. The Morgan fingerprint density at radius 2 is 2.13 bits per heavy atom. The lowest BCUT2D eigenvalue weighted by atomic mass is 10.1. The first-order chi connectivity index (χ1) is 11.1. The van der Waals surface area contributed by atoms with Crippen LogP contribution in [0, 0.1) is 0 Å². The van der Waals surface area contributed by atoms with Gasteiger partial charge in [0.15, 0.2) is 0 Å². The predicted octanol–water partition coefficient (Wildman–Crippen LogP) is 3.48. The number of nitrogens with zero attached hydrogens (tertiary/aromatic N) is 1. The number of methoxy groups -OCH3 is 1.